The third-order valence-electron chi connectivity index (χ3n) is 3.53. The van der Waals surface area contributed by atoms with E-state index in [9.17, 15) is 14.3 Å². The van der Waals surface area contributed by atoms with Crippen LogP contribution in [0.15, 0.2) is 27.9 Å². The highest BCUT2D eigenvalue weighted by atomic mass is 32.2. The second-order valence-corrected chi connectivity index (χ2v) is 6.31. The van der Waals surface area contributed by atoms with Crippen molar-refractivity contribution in [3.05, 3.63) is 29.6 Å². The van der Waals surface area contributed by atoms with Gasteiger partial charge < -0.3 is 19.7 Å². The lowest BCUT2D eigenvalue weighted by atomic mass is 10.1. The van der Waals surface area contributed by atoms with Gasteiger partial charge in [-0.25, -0.2) is 13.9 Å². The summed E-state index contributed by atoms with van der Waals surface area (Å²) in [5, 5.41) is 28.0. The zero-order chi connectivity index (χ0) is 19.4. The van der Waals surface area contributed by atoms with Gasteiger partial charge in [0.25, 0.3) is 0 Å². The molecule has 10 nitrogen and oxygen atoms in total. The number of nitrogens with one attached hydrogen (secondary N) is 1. The van der Waals surface area contributed by atoms with Crippen molar-refractivity contribution in [2.24, 2.45) is 7.05 Å². The van der Waals surface area contributed by atoms with E-state index >= 15 is 0 Å². The van der Waals surface area contributed by atoms with Crippen LogP contribution >= 0.6 is 11.8 Å². The molecule has 0 aliphatic rings. The number of nitrogens with zero attached hydrogens (tertiary/aromatic N) is 5. The summed E-state index contributed by atoms with van der Waals surface area (Å²) in [5.74, 6) is -1.15. The predicted molar refractivity (Wildman–Crippen MR) is 93.4 cm³/mol. The van der Waals surface area contributed by atoms with Gasteiger partial charge in [0.1, 0.15) is 0 Å². The molecular formula is C15H15FN6O4S. The van der Waals surface area contributed by atoms with Gasteiger partial charge in [0.15, 0.2) is 28.7 Å². The summed E-state index contributed by atoms with van der Waals surface area (Å²) in [4.78, 5) is 11.7. The molecule has 12 heteroatoms. The van der Waals surface area contributed by atoms with Crippen LogP contribution in [-0.2, 0) is 7.05 Å². The van der Waals surface area contributed by atoms with Crippen LogP contribution in [-0.4, -0.2) is 55.8 Å². The molecule has 142 valence electrons. The van der Waals surface area contributed by atoms with Crippen molar-refractivity contribution in [1.29, 1.82) is 0 Å². The number of carboxylic acid groups (broad SMARTS) is 1. The number of carboxylic acids is 1. The maximum atomic E-state index is 13.6. The Balaban J connectivity index is 1.75. The summed E-state index contributed by atoms with van der Waals surface area (Å²) >= 11 is 1.40. The monoisotopic (exact) mass is 394 g/mol. The molecule has 0 fully saturated rings. The molecule has 0 saturated carbocycles. The Bertz CT molecular complexity index is 960. The van der Waals surface area contributed by atoms with Crippen LogP contribution < -0.4 is 10.1 Å². The fourth-order valence-electron chi connectivity index (χ4n) is 2.26. The lowest BCUT2D eigenvalue weighted by Crippen LogP contribution is -2.09. The second kappa shape index (κ2) is 8.03. The van der Waals surface area contributed by atoms with E-state index in [1.54, 1.807) is 7.05 Å². The highest BCUT2D eigenvalue weighted by Gasteiger charge is 2.24. The molecule has 0 spiro atoms. The van der Waals surface area contributed by atoms with Gasteiger partial charge in [-0.3, -0.25) is 0 Å². The SMILES string of the molecule is COc1cc(-c2onc(NCCSc3nnnn3C)c2C(=O)O)ccc1F. The number of tetrazole rings is 1. The molecule has 3 rings (SSSR count). The van der Waals surface area contributed by atoms with E-state index in [4.69, 9.17) is 9.26 Å². The minimum atomic E-state index is -1.22. The van der Waals surface area contributed by atoms with Crippen LogP contribution in [0.5, 0.6) is 5.75 Å². The van der Waals surface area contributed by atoms with Gasteiger partial charge in [-0.1, -0.05) is 16.9 Å². The lowest BCUT2D eigenvalue weighted by molar-refractivity contribution is 0.0698. The normalized spacial score (nSPS) is 10.8. The molecule has 0 aliphatic heterocycles. The van der Waals surface area contributed by atoms with Gasteiger partial charge in [-0.05, 0) is 28.6 Å². The zero-order valence-electron chi connectivity index (χ0n) is 14.3. The van der Waals surface area contributed by atoms with Crippen molar-refractivity contribution in [3.8, 4) is 17.1 Å². The number of hydrogen-bond donors (Lipinski definition) is 2. The Hall–Kier alpha value is -3.15. The van der Waals surface area contributed by atoms with Gasteiger partial charge in [0.2, 0.25) is 5.16 Å². The molecule has 0 bridgehead atoms. The summed E-state index contributed by atoms with van der Waals surface area (Å²) in [6.07, 6.45) is 0. The number of methoxy groups -OCH3 is 1. The molecule has 1 aromatic carbocycles. The second-order valence-electron chi connectivity index (χ2n) is 5.25. The quantitative estimate of drug-likeness (QED) is 0.432. The number of ether oxygens (including phenoxy) is 1. The van der Waals surface area contributed by atoms with Crippen molar-refractivity contribution >= 4 is 23.5 Å². The summed E-state index contributed by atoms with van der Waals surface area (Å²) in [7, 11) is 3.04. The van der Waals surface area contributed by atoms with Gasteiger partial charge in [-0.2, -0.15) is 0 Å². The van der Waals surface area contributed by atoms with Gasteiger partial charge >= 0.3 is 5.97 Å². The van der Waals surface area contributed by atoms with Crippen molar-refractivity contribution in [3.63, 3.8) is 0 Å². The van der Waals surface area contributed by atoms with Crippen molar-refractivity contribution in [2.45, 2.75) is 5.16 Å². The molecule has 0 unspecified atom stereocenters. The number of anilines is 1. The third kappa shape index (κ3) is 4.00. The first-order valence-corrected chi connectivity index (χ1v) is 8.65. The molecule has 2 aromatic heterocycles. The number of aromatic nitrogens is 5. The van der Waals surface area contributed by atoms with E-state index in [2.05, 4.69) is 26.0 Å². The number of aryl methyl sites for hydroxylation is 1. The minimum absolute atomic E-state index is 0.00783. The van der Waals surface area contributed by atoms with Crippen LogP contribution in [0.4, 0.5) is 10.2 Å². The summed E-state index contributed by atoms with van der Waals surface area (Å²) < 4.78 is 25.2. The Morgan fingerprint density at radius 1 is 1.48 bits per heavy atom. The molecule has 2 N–H and O–H groups in total. The number of rotatable bonds is 8. The first kappa shape index (κ1) is 18.6. The highest BCUT2D eigenvalue weighted by molar-refractivity contribution is 7.99. The average Bonchev–Trinajstić information content (AvgIpc) is 3.25. The van der Waals surface area contributed by atoms with Gasteiger partial charge in [0.05, 0.1) is 7.11 Å². The molecule has 0 atom stereocenters. The number of hydrogen-bond acceptors (Lipinski definition) is 9. The Kier molecular flexibility index (Phi) is 5.54. The highest BCUT2D eigenvalue weighted by Crippen LogP contribution is 2.32. The first-order chi connectivity index (χ1) is 13.0. The van der Waals surface area contributed by atoms with Crippen LogP contribution in [0.2, 0.25) is 0 Å². The maximum Gasteiger partial charge on any atom is 0.343 e. The van der Waals surface area contributed by atoms with Crippen LogP contribution in [0.25, 0.3) is 11.3 Å². The molecular weight excluding hydrogens is 379 g/mol. The van der Waals surface area contributed by atoms with Gasteiger partial charge in [-0.15, -0.1) is 5.10 Å². The van der Waals surface area contributed by atoms with E-state index < -0.39 is 11.8 Å². The summed E-state index contributed by atoms with van der Waals surface area (Å²) in [6.45, 7) is 0.399. The molecule has 0 aliphatic carbocycles. The molecule has 3 aromatic rings. The van der Waals surface area contributed by atoms with E-state index in [0.29, 0.717) is 23.0 Å². The fourth-order valence-corrected chi connectivity index (χ4v) is 2.97. The molecule has 0 radical (unpaired) electrons. The largest absolute Gasteiger partial charge is 0.494 e. The number of halogens is 1. The molecule has 0 saturated heterocycles. The number of aromatic carboxylic acids is 1. The topological polar surface area (TPSA) is 128 Å². The zero-order valence-corrected chi connectivity index (χ0v) is 15.2. The molecule has 2 heterocycles. The Morgan fingerprint density at radius 3 is 2.96 bits per heavy atom. The van der Waals surface area contributed by atoms with Crippen molar-refractivity contribution in [1.82, 2.24) is 25.4 Å². The standard InChI is InChI=1S/C15H15FN6O4S/c1-22-15(18-20-21-22)27-6-5-17-13-11(14(23)24)12(26-19-13)8-3-4-9(16)10(7-8)25-2/h3-4,7H,5-6H2,1-2H3,(H,17,19)(H,23,24). The average molecular weight is 394 g/mol. The smallest absolute Gasteiger partial charge is 0.343 e. The van der Waals surface area contributed by atoms with E-state index in [1.165, 1.54) is 41.8 Å². The lowest BCUT2D eigenvalue weighted by Gasteiger charge is -2.05. The van der Waals surface area contributed by atoms with E-state index in [0.717, 1.165) is 0 Å². The third-order valence-corrected chi connectivity index (χ3v) is 4.54. The van der Waals surface area contributed by atoms with Crippen LogP contribution in [0, 0.1) is 5.82 Å². The van der Waals surface area contributed by atoms with Crippen LogP contribution in [0.3, 0.4) is 0 Å². The van der Waals surface area contributed by atoms with Crippen molar-refractivity contribution < 1.29 is 23.6 Å². The number of benzene rings is 1. The molecule has 0 amide bonds. The van der Waals surface area contributed by atoms with E-state index in [1.807, 2.05) is 0 Å². The fraction of sp³-hybridized carbons (Fsp3) is 0.267. The van der Waals surface area contributed by atoms with Crippen LogP contribution in [0.1, 0.15) is 10.4 Å². The summed E-state index contributed by atoms with van der Waals surface area (Å²) in [6, 6.07) is 3.91. The predicted octanol–water partition coefficient (Wildman–Crippen LogP) is 1.92. The van der Waals surface area contributed by atoms with Crippen molar-refractivity contribution in [2.75, 3.05) is 24.7 Å². The summed E-state index contributed by atoms with van der Waals surface area (Å²) in [5.41, 5.74) is 0.194. The Labute approximate surface area is 156 Å². The Morgan fingerprint density at radius 2 is 2.30 bits per heavy atom. The number of carbonyl (C=O) groups is 1. The van der Waals surface area contributed by atoms with E-state index in [-0.39, 0.29) is 22.9 Å². The molecule has 27 heavy (non-hydrogen) atoms. The maximum absolute atomic E-state index is 13.6. The minimum Gasteiger partial charge on any atom is -0.494 e. The van der Waals surface area contributed by atoms with Gasteiger partial charge in [0, 0.05) is 24.9 Å². The first-order valence-electron chi connectivity index (χ1n) is 7.67. The number of thioether (sulfide) groups is 1.